The summed E-state index contributed by atoms with van der Waals surface area (Å²) in [6.07, 6.45) is 6.51. The van der Waals surface area contributed by atoms with E-state index in [2.05, 4.69) is 39.2 Å². The van der Waals surface area contributed by atoms with E-state index < -0.39 is 0 Å². The van der Waals surface area contributed by atoms with Gasteiger partial charge >= 0.3 is 0 Å². The second-order valence-corrected chi connectivity index (χ2v) is 8.02. The van der Waals surface area contributed by atoms with Crippen molar-refractivity contribution in [2.24, 2.45) is 0 Å². The van der Waals surface area contributed by atoms with Gasteiger partial charge in [-0.15, -0.1) is 0 Å². The van der Waals surface area contributed by atoms with Gasteiger partial charge in [-0.25, -0.2) is 4.98 Å². The van der Waals surface area contributed by atoms with Gasteiger partial charge in [-0.1, -0.05) is 35.3 Å². The van der Waals surface area contributed by atoms with E-state index in [-0.39, 0.29) is 0 Å². The molecule has 0 bridgehead atoms. The Bertz CT molecular complexity index is 916. The van der Waals surface area contributed by atoms with Crippen LogP contribution in [-0.4, -0.2) is 45.2 Å². The average Bonchev–Trinajstić information content (AvgIpc) is 3.12. The van der Waals surface area contributed by atoms with Gasteiger partial charge in [0.2, 0.25) is 0 Å². The normalized spacial score (nSPS) is 20.5. The van der Waals surface area contributed by atoms with Crippen LogP contribution in [-0.2, 0) is 0 Å². The van der Waals surface area contributed by atoms with Crippen molar-refractivity contribution in [1.29, 1.82) is 0 Å². The summed E-state index contributed by atoms with van der Waals surface area (Å²) in [5.74, 6) is 0.760. The molecule has 0 unspecified atom stereocenters. The molecule has 0 spiro atoms. The highest BCUT2D eigenvalue weighted by molar-refractivity contribution is 6.30. The number of halogens is 1. The molecule has 1 N–H and O–H groups in total. The highest BCUT2D eigenvalue weighted by Gasteiger charge is 2.24. The Morgan fingerprint density at radius 2 is 1.89 bits per heavy atom. The zero-order valence-corrected chi connectivity index (χ0v) is 17.1. The van der Waals surface area contributed by atoms with Crippen molar-refractivity contribution in [2.45, 2.75) is 51.6 Å². The maximum absolute atomic E-state index is 6.01. The molecule has 3 heterocycles. The second kappa shape index (κ2) is 8.45. The maximum Gasteiger partial charge on any atom is 0.263 e. The molecule has 0 radical (unpaired) electrons. The number of likely N-dealkylation sites (tertiary alicyclic amines) is 1. The third-order valence-corrected chi connectivity index (χ3v) is 5.90. The zero-order chi connectivity index (χ0) is 19.5. The summed E-state index contributed by atoms with van der Waals surface area (Å²) in [4.78, 5) is 11.3. The monoisotopic (exact) mass is 399 g/mol. The molecule has 7 heteroatoms. The number of fused-ring (bicyclic) bond motifs is 1. The Hall–Kier alpha value is -2.18. The summed E-state index contributed by atoms with van der Waals surface area (Å²) in [5.41, 5.74) is 2.14. The van der Waals surface area contributed by atoms with Gasteiger partial charge < -0.3 is 9.84 Å². The Labute approximate surface area is 170 Å². The molecule has 1 fully saturated rings. The van der Waals surface area contributed by atoms with Gasteiger partial charge in [-0.3, -0.25) is 4.90 Å². The molecule has 6 nitrogen and oxygen atoms in total. The first-order valence-corrected chi connectivity index (χ1v) is 10.4. The van der Waals surface area contributed by atoms with Gasteiger partial charge in [-0.05, 0) is 45.2 Å². The highest BCUT2D eigenvalue weighted by atomic mass is 35.5. The molecule has 1 aromatic carbocycles. The van der Waals surface area contributed by atoms with Crippen molar-refractivity contribution in [1.82, 2.24) is 20.0 Å². The lowest BCUT2D eigenvalue weighted by Crippen LogP contribution is -2.44. The van der Waals surface area contributed by atoms with Gasteiger partial charge in [0.25, 0.3) is 5.71 Å². The number of hydrogen-bond donors (Lipinski definition) is 1. The molecule has 2 aromatic heterocycles. The number of hydrogen-bond acceptors (Lipinski definition) is 6. The quantitative estimate of drug-likeness (QED) is 0.588. The van der Waals surface area contributed by atoms with Crippen LogP contribution < -0.4 is 5.32 Å². The smallest absolute Gasteiger partial charge is 0.263 e. The summed E-state index contributed by atoms with van der Waals surface area (Å²) in [6.45, 7) is 6.61. The van der Waals surface area contributed by atoms with E-state index in [0.717, 1.165) is 42.0 Å². The minimum absolute atomic E-state index is 0.487. The van der Waals surface area contributed by atoms with Gasteiger partial charge in [-0.2, -0.15) is 4.98 Å². The lowest BCUT2D eigenvalue weighted by Gasteiger charge is -2.39. The number of anilines is 1. The van der Waals surface area contributed by atoms with Crippen molar-refractivity contribution < 1.29 is 4.52 Å². The van der Waals surface area contributed by atoms with E-state index in [1.54, 1.807) is 0 Å². The first-order chi connectivity index (χ1) is 13.6. The fourth-order valence-corrected chi connectivity index (χ4v) is 4.24. The first kappa shape index (κ1) is 19.2. The van der Waals surface area contributed by atoms with E-state index in [9.17, 15) is 0 Å². The molecule has 1 aliphatic rings. The topological polar surface area (TPSA) is 67.1 Å². The predicted octanol–water partition coefficient (Wildman–Crippen LogP) is 5.00. The SMILES string of the molecule is C[C@@H]1CCC[C@H](C)N1CCCNc1ncnc2onc(-c3ccc(Cl)cc3)c12. The van der Waals surface area contributed by atoms with Crippen LogP contribution in [0, 0.1) is 0 Å². The molecule has 0 aliphatic carbocycles. The van der Waals surface area contributed by atoms with Crippen molar-refractivity contribution in [3.05, 3.63) is 35.6 Å². The van der Waals surface area contributed by atoms with Crippen LogP contribution in [0.15, 0.2) is 35.1 Å². The van der Waals surface area contributed by atoms with Gasteiger partial charge in [0.05, 0.1) is 0 Å². The molecule has 3 aromatic rings. The summed E-state index contributed by atoms with van der Waals surface area (Å²) in [7, 11) is 0. The number of aromatic nitrogens is 3. The van der Waals surface area contributed by atoms with Gasteiger partial charge in [0, 0.05) is 35.8 Å². The molecule has 148 valence electrons. The predicted molar refractivity (Wildman–Crippen MR) is 113 cm³/mol. The largest absolute Gasteiger partial charge is 0.369 e. The molecule has 28 heavy (non-hydrogen) atoms. The molecule has 2 atom stereocenters. The summed E-state index contributed by atoms with van der Waals surface area (Å²) in [5, 5.41) is 9.17. The number of piperidine rings is 1. The zero-order valence-electron chi connectivity index (χ0n) is 16.4. The summed E-state index contributed by atoms with van der Waals surface area (Å²) < 4.78 is 5.42. The lowest BCUT2D eigenvalue weighted by molar-refractivity contribution is 0.103. The van der Waals surface area contributed by atoms with E-state index >= 15 is 0 Å². The van der Waals surface area contributed by atoms with Crippen LogP contribution in [0.4, 0.5) is 5.82 Å². The van der Waals surface area contributed by atoms with Crippen LogP contribution in [0.5, 0.6) is 0 Å². The van der Waals surface area contributed by atoms with Crippen molar-refractivity contribution in [3.63, 3.8) is 0 Å². The fourth-order valence-electron chi connectivity index (χ4n) is 4.11. The Balaban J connectivity index is 1.47. The van der Waals surface area contributed by atoms with Crippen molar-refractivity contribution in [2.75, 3.05) is 18.4 Å². The molecule has 0 saturated carbocycles. The number of nitrogens with zero attached hydrogens (tertiary/aromatic N) is 4. The van der Waals surface area contributed by atoms with Gasteiger partial charge in [0.1, 0.15) is 23.2 Å². The molecule has 1 saturated heterocycles. The van der Waals surface area contributed by atoms with E-state index in [1.807, 2.05) is 24.3 Å². The molecular formula is C21H26ClN5O. The van der Waals surface area contributed by atoms with E-state index in [0.29, 0.717) is 22.8 Å². The summed E-state index contributed by atoms with van der Waals surface area (Å²) >= 11 is 6.01. The lowest BCUT2D eigenvalue weighted by atomic mass is 9.97. The molecule has 4 rings (SSSR count). The number of nitrogens with one attached hydrogen (secondary N) is 1. The van der Waals surface area contributed by atoms with Gasteiger partial charge in [0.15, 0.2) is 0 Å². The van der Waals surface area contributed by atoms with Crippen molar-refractivity contribution in [3.8, 4) is 11.3 Å². The van der Waals surface area contributed by atoms with E-state index in [1.165, 1.54) is 25.6 Å². The second-order valence-electron chi connectivity index (χ2n) is 7.59. The van der Waals surface area contributed by atoms with E-state index in [4.69, 9.17) is 16.1 Å². The highest BCUT2D eigenvalue weighted by Crippen LogP contribution is 2.31. The van der Waals surface area contributed by atoms with Crippen LogP contribution in [0.2, 0.25) is 5.02 Å². The van der Waals surface area contributed by atoms with Crippen LogP contribution in [0.3, 0.4) is 0 Å². The molecule has 0 amide bonds. The Morgan fingerprint density at radius 1 is 1.14 bits per heavy atom. The standard InChI is InChI=1S/C21H26ClN5O/c1-14-5-3-6-15(2)27(14)12-4-11-23-20-18-19(16-7-9-17(22)10-8-16)26-28-21(18)25-13-24-20/h7-10,13-15H,3-6,11-12H2,1-2H3,(H,23,24,25)/t14-,15+. The number of rotatable bonds is 6. The Morgan fingerprint density at radius 3 is 2.64 bits per heavy atom. The van der Waals surface area contributed by atoms with Crippen LogP contribution in [0.1, 0.15) is 39.5 Å². The number of benzene rings is 1. The third kappa shape index (κ3) is 3.98. The van der Waals surface area contributed by atoms with Crippen molar-refractivity contribution >= 4 is 28.5 Å². The first-order valence-electron chi connectivity index (χ1n) is 9.99. The maximum atomic E-state index is 6.01. The van der Waals surface area contributed by atoms with Crippen LogP contribution >= 0.6 is 11.6 Å². The minimum atomic E-state index is 0.487. The third-order valence-electron chi connectivity index (χ3n) is 5.65. The summed E-state index contributed by atoms with van der Waals surface area (Å²) in [6, 6.07) is 8.88. The minimum Gasteiger partial charge on any atom is -0.369 e. The Kier molecular flexibility index (Phi) is 5.78. The molecule has 1 aliphatic heterocycles. The molecular weight excluding hydrogens is 374 g/mol. The average molecular weight is 400 g/mol. The van der Waals surface area contributed by atoms with Crippen LogP contribution in [0.25, 0.3) is 22.4 Å². The fraction of sp³-hybridized carbons (Fsp3) is 0.476.